The summed E-state index contributed by atoms with van der Waals surface area (Å²) in [4.78, 5) is 7.44. The van der Waals surface area contributed by atoms with Gasteiger partial charge in [0.1, 0.15) is 5.82 Å². The Kier molecular flexibility index (Phi) is 3.58. The number of nitrogens with zero attached hydrogens (tertiary/aromatic N) is 3. The van der Waals surface area contributed by atoms with Crippen LogP contribution in [0.15, 0.2) is 18.6 Å². The zero-order chi connectivity index (χ0) is 12.3. The van der Waals surface area contributed by atoms with Crippen LogP contribution < -0.4 is 5.32 Å². The Morgan fingerprint density at radius 2 is 2.35 bits per heavy atom. The molecule has 1 atom stereocenters. The fourth-order valence-electron chi connectivity index (χ4n) is 1.85. The molecule has 2 aromatic rings. The lowest BCUT2D eigenvalue weighted by Crippen LogP contribution is -2.21. The van der Waals surface area contributed by atoms with Crippen molar-refractivity contribution in [2.75, 3.05) is 0 Å². The summed E-state index contributed by atoms with van der Waals surface area (Å²) in [6.45, 7) is 5.05. The van der Waals surface area contributed by atoms with Crippen molar-refractivity contribution in [1.82, 2.24) is 25.1 Å². The Morgan fingerprint density at radius 1 is 1.53 bits per heavy atom. The van der Waals surface area contributed by atoms with Crippen molar-refractivity contribution in [1.29, 1.82) is 0 Å². The van der Waals surface area contributed by atoms with Gasteiger partial charge >= 0.3 is 0 Å². The van der Waals surface area contributed by atoms with Gasteiger partial charge < -0.3 is 10.3 Å². The summed E-state index contributed by atoms with van der Waals surface area (Å²) >= 11 is 0. The minimum absolute atomic E-state index is 0.268. The van der Waals surface area contributed by atoms with Gasteiger partial charge in [0, 0.05) is 37.2 Å². The van der Waals surface area contributed by atoms with Crippen molar-refractivity contribution in [2.45, 2.75) is 32.9 Å². The number of hydrogen-bond acceptors (Lipinski definition) is 3. The molecule has 2 heterocycles. The molecule has 1 unspecified atom stereocenters. The molecule has 2 rings (SSSR count). The number of aromatic amines is 1. The summed E-state index contributed by atoms with van der Waals surface area (Å²) in [6, 6.07) is 0.268. The van der Waals surface area contributed by atoms with Crippen LogP contribution in [0.3, 0.4) is 0 Å². The molecule has 0 saturated heterocycles. The van der Waals surface area contributed by atoms with Gasteiger partial charge in [-0.25, -0.2) is 4.98 Å². The molecule has 0 aliphatic carbocycles. The fourth-order valence-corrected chi connectivity index (χ4v) is 1.85. The third-order valence-corrected chi connectivity index (χ3v) is 3.13. The SMILES string of the molecule is CCC(NCc1cnn(C)c1C)c1ncc[nH]1. The van der Waals surface area contributed by atoms with E-state index in [4.69, 9.17) is 0 Å². The van der Waals surface area contributed by atoms with Gasteiger partial charge in [-0.1, -0.05) is 6.92 Å². The number of rotatable bonds is 5. The highest BCUT2D eigenvalue weighted by atomic mass is 15.3. The van der Waals surface area contributed by atoms with Gasteiger partial charge in [0.25, 0.3) is 0 Å². The van der Waals surface area contributed by atoms with Gasteiger partial charge in [-0.05, 0) is 13.3 Å². The average molecular weight is 233 g/mol. The van der Waals surface area contributed by atoms with Crippen LogP contribution in [-0.4, -0.2) is 19.7 Å². The highest BCUT2D eigenvalue weighted by Gasteiger charge is 2.12. The molecule has 2 N–H and O–H groups in total. The van der Waals surface area contributed by atoms with Crippen molar-refractivity contribution in [2.24, 2.45) is 7.05 Å². The molecule has 0 aliphatic rings. The summed E-state index contributed by atoms with van der Waals surface area (Å²) in [5, 5.41) is 7.73. The van der Waals surface area contributed by atoms with E-state index in [0.717, 1.165) is 18.8 Å². The van der Waals surface area contributed by atoms with Gasteiger partial charge in [0.05, 0.1) is 12.2 Å². The number of imidazole rings is 1. The van der Waals surface area contributed by atoms with E-state index in [1.807, 2.05) is 24.1 Å². The summed E-state index contributed by atoms with van der Waals surface area (Å²) < 4.78 is 1.89. The van der Waals surface area contributed by atoms with Crippen LogP contribution in [0.25, 0.3) is 0 Å². The largest absolute Gasteiger partial charge is 0.347 e. The highest BCUT2D eigenvalue weighted by Crippen LogP contribution is 2.13. The van der Waals surface area contributed by atoms with Crippen LogP contribution >= 0.6 is 0 Å². The second-order valence-corrected chi connectivity index (χ2v) is 4.19. The molecule has 17 heavy (non-hydrogen) atoms. The van der Waals surface area contributed by atoms with E-state index in [-0.39, 0.29) is 6.04 Å². The highest BCUT2D eigenvalue weighted by molar-refractivity contribution is 5.15. The van der Waals surface area contributed by atoms with Crippen molar-refractivity contribution < 1.29 is 0 Å². The molecular weight excluding hydrogens is 214 g/mol. The van der Waals surface area contributed by atoms with E-state index < -0.39 is 0 Å². The monoisotopic (exact) mass is 233 g/mol. The van der Waals surface area contributed by atoms with Crippen LogP contribution in [0.2, 0.25) is 0 Å². The molecule has 5 nitrogen and oxygen atoms in total. The van der Waals surface area contributed by atoms with E-state index in [9.17, 15) is 0 Å². The predicted octanol–water partition coefficient (Wildman–Crippen LogP) is 1.69. The molecule has 5 heteroatoms. The minimum Gasteiger partial charge on any atom is -0.347 e. The zero-order valence-corrected chi connectivity index (χ0v) is 10.6. The molecule has 2 aromatic heterocycles. The van der Waals surface area contributed by atoms with Gasteiger partial charge in [-0.2, -0.15) is 5.10 Å². The number of hydrogen-bond donors (Lipinski definition) is 2. The summed E-state index contributed by atoms with van der Waals surface area (Å²) in [5.74, 6) is 0.994. The van der Waals surface area contributed by atoms with Crippen LogP contribution in [0, 0.1) is 6.92 Å². The second-order valence-electron chi connectivity index (χ2n) is 4.19. The van der Waals surface area contributed by atoms with Crippen LogP contribution in [-0.2, 0) is 13.6 Å². The number of aryl methyl sites for hydroxylation is 1. The van der Waals surface area contributed by atoms with E-state index in [0.29, 0.717) is 0 Å². The van der Waals surface area contributed by atoms with E-state index in [1.54, 1.807) is 6.20 Å². The average Bonchev–Trinajstić information content (AvgIpc) is 2.95. The third kappa shape index (κ3) is 2.55. The van der Waals surface area contributed by atoms with Crippen molar-refractivity contribution in [3.63, 3.8) is 0 Å². The van der Waals surface area contributed by atoms with Crippen molar-refractivity contribution in [3.8, 4) is 0 Å². The molecule has 0 fully saturated rings. The van der Waals surface area contributed by atoms with Gasteiger partial charge in [-0.3, -0.25) is 4.68 Å². The normalized spacial score (nSPS) is 12.9. The first-order valence-electron chi connectivity index (χ1n) is 5.92. The van der Waals surface area contributed by atoms with Gasteiger partial charge in [-0.15, -0.1) is 0 Å². The quantitative estimate of drug-likeness (QED) is 0.826. The lowest BCUT2D eigenvalue weighted by molar-refractivity contribution is 0.497. The molecule has 92 valence electrons. The second kappa shape index (κ2) is 5.14. The first kappa shape index (κ1) is 11.9. The van der Waals surface area contributed by atoms with E-state index in [1.165, 1.54) is 11.3 Å². The smallest absolute Gasteiger partial charge is 0.123 e. The molecule has 0 bridgehead atoms. The van der Waals surface area contributed by atoms with Crippen LogP contribution in [0.1, 0.15) is 36.5 Å². The molecular formula is C12H19N5. The Morgan fingerprint density at radius 3 is 2.88 bits per heavy atom. The third-order valence-electron chi connectivity index (χ3n) is 3.13. The van der Waals surface area contributed by atoms with Crippen LogP contribution in [0.4, 0.5) is 0 Å². The van der Waals surface area contributed by atoms with E-state index >= 15 is 0 Å². The zero-order valence-electron chi connectivity index (χ0n) is 10.6. The molecule has 0 spiro atoms. The lowest BCUT2D eigenvalue weighted by atomic mass is 10.2. The molecule has 0 amide bonds. The summed E-state index contributed by atoms with van der Waals surface area (Å²) in [5.41, 5.74) is 2.43. The fraction of sp³-hybridized carbons (Fsp3) is 0.500. The number of H-pyrrole nitrogens is 1. The van der Waals surface area contributed by atoms with Gasteiger partial charge in [0.15, 0.2) is 0 Å². The summed E-state index contributed by atoms with van der Waals surface area (Å²) in [6.07, 6.45) is 6.56. The Hall–Kier alpha value is -1.62. The number of aromatic nitrogens is 4. The maximum absolute atomic E-state index is 4.29. The standard InChI is InChI=1S/C12H19N5/c1-4-11(12-13-5-6-14-12)15-7-10-8-16-17(3)9(10)2/h5-6,8,11,15H,4,7H2,1-3H3,(H,13,14). The molecule has 0 radical (unpaired) electrons. The first-order chi connectivity index (χ1) is 8.22. The first-order valence-corrected chi connectivity index (χ1v) is 5.92. The minimum atomic E-state index is 0.268. The summed E-state index contributed by atoms with van der Waals surface area (Å²) in [7, 11) is 1.96. The van der Waals surface area contributed by atoms with Crippen molar-refractivity contribution in [3.05, 3.63) is 35.7 Å². The maximum atomic E-state index is 4.29. The molecule has 0 aliphatic heterocycles. The molecule has 0 saturated carbocycles. The Bertz CT molecular complexity index is 457. The maximum Gasteiger partial charge on any atom is 0.123 e. The Balaban J connectivity index is 1.99. The van der Waals surface area contributed by atoms with Gasteiger partial charge in [0.2, 0.25) is 0 Å². The number of nitrogens with one attached hydrogen (secondary N) is 2. The van der Waals surface area contributed by atoms with Crippen LogP contribution in [0.5, 0.6) is 0 Å². The molecule has 0 aromatic carbocycles. The predicted molar refractivity (Wildman–Crippen MR) is 66.4 cm³/mol. The Labute approximate surface area is 101 Å². The lowest BCUT2D eigenvalue weighted by Gasteiger charge is -2.14. The van der Waals surface area contributed by atoms with E-state index in [2.05, 4.69) is 34.2 Å². The topological polar surface area (TPSA) is 58.5 Å². The van der Waals surface area contributed by atoms with Crippen molar-refractivity contribution >= 4 is 0 Å².